The van der Waals surface area contributed by atoms with Gasteiger partial charge in [-0.3, -0.25) is 14.5 Å². The summed E-state index contributed by atoms with van der Waals surface area (Å²) in [4.78, 5) is 27.3. The van der Waals surface area contributed by atoms with Crippen LogP contribution in [0, 0.1) is 5.92 Å². The highest BCUT2D eigenvalue weighted by Crippen LogP contribution is 2.14. The molecule has 17 heavy (non-hydrogen) atoms. The van der Waals surface area contributed by atoms with Gasteiger partial charge in [0, 0.05) is 32.7 Å². The Morgan fingerprint density at radius 1 is 1.47 bits per heavy atom. The van der Waals surface area contributed by atoms with Crippen molar-refractivity contribution in [1.29, 1.82) is 0 Å². The molecule has 0 aromatic rings. The quantitative estimate of drug-likeness (QED) is 0.683. The Labute approximate surface area is 102 Å². The summed E-state index contributed by atoms with van der Waals surface area (Å²) in [6, 6.07) is 0. The second-order valence-electron chi connectivity index (χ2n) is 4.91. The monoisotopic (exact) mass is 240 g/mol. The molecule has 0 aromatic carbocycles. The predicted octanol–water partition coefficient (Wildman–Crippen LogP) is -0.244. The summed E-state index contributed by atoms with van der Waals surface area (Å²) in [5, 5.41) is 0. The molecule has 2 aliphatic rings. The van der Waals surface area contributed by atoms with Crippen LogP contribution in [-0.4, -0.2) is 67.9 Å². The van der Waals surface area contributed by atoms with Gasteiger partial charge in [-0.05, 0) is 12.8 Å². The Morgan fingerprint density at radius 3 is 3.00 bits per heavy atom. The van der Waals surface area contributed by atoms with Crippen LogP contribution in [0.5, 0.6) is 0 Å². The van der Waals surface area contributed by atoms with E-state index in [-0.39, 0.29) is 17.6 Å². The summed E-state index contributed by atoms with van der Waals surface area (Å²) in [5.74, 6) is 0.379. The van der Waals surface area contributed by atoms with E-state index in [1.54, 1.807) is 4.90 Å². The molecule has 0 N–H and O–H groups in total. The van der Waals surface area contributed by atoms with E-state index < -0.39 is 0 Å². The van der Waals surface area contributed by atoms with Crippen LogP contribution in [0.15, 0.2) is 0 Å². The number of likely N-dealkylation sites (N-methyl/N-ethyl adjacent to an activating group) is 1. The van der Waals surface area contributed by atoms with Crippen LogP contribution in [0.25, 0.3) is 0 Å². The Kier molecular flexibility index (Phi) is 4.12. The van der Waals surface area contributed by atoms with Gasteiger partial charge in [-0.1, -0.05) is 0 Å². The molecule has 0 radical (unpaired) electrons. The van der Waals surface area contributed by atoms with Gasteiger partial charge in [0.2, 0.25) is 5.91 Å². The van der Waals surface area contributed by atoms with Gasteiger partial charge in [-0.15, -0.1) is 0 Å². The zero-order valence-corrected chi connectivity index (χ0v) is 10.4. The van der Waals surface area contributed by atoms with E-state index in [4.69, 9.17) is 4.74 Å². The van der Waals surface area contributed by atoms with Crippen molar-refractivity contribution in [3.63, 3.8) is 0 Å². The molecular formula is C12H20N2O3. The van der Waals surface area contributed by atoms with E-state index in [1.165, 1.54) is 0 Å². The number of amides is 1. The maximum absolute atomic E-state index is 12.0. The fourth-order valence-corrected chi connectivity index (χ4v) is 2.32. The zero-order valence-electron chi connectivity index (χ0n) is 10.4. The second kappa shape index (κ2) is 5.60. The zero-order chi connectivity index (χ0) is 12.3. The van der Waals surface area contributed by atoms with Crippen LogP contribution in [0.4, 0.5) is 0 Å². The molecule has 5 nitrogen and oxygen atoms in total. The number of rotatable bonds is 3. The minimum absolute atomic E-state index is 0.0473. The summed E-state index contributed by atoms with van der Waals surface area (Å²) in [6.45, 7) is 3.63. The van der Waals surface area contributed by atoms with E-state index in [9.17, 15) is 9.59 Å². The molecule has 0 bridgehead atoms. The number of ketones is 1. The van der Waals surface area contributed by atoms with Gasteiger partial charge in [0.25, 0.3) is 0 Å². The normalized spacial score (nSPS) is 27.2. The van der Waals surface area contributed by atoms with Gasteiger partial charge in [0.15, 0.2) is 5.78 Å². The Bertz CT molecular complexity index is 300. The Morgan fingerprint density at radius 2 is 2.29 bits per heavy atom. The molecular weight excluding hydrogens is 220 g/mol. The van der Waals surface area contributed by atoms with E-state index >= 15 is 0 Å². The first-order chi connectivity index (χ1) is 8.16. The molecule has 1 atom stereocenters. The van der Waals surface area contributed by atoms with Crippen LogP contribution in [0.2, 0.25) is 0 Å². The molecule has 5 heteroatoms. The van der Waals surface area contributed by atoms with E-state index in [1.807, 2.05) is 11.9 Å². The smallest absolute Gasteiger partial charge is 0.236 e. The number of carbonyl (C=O) groups is 2. The number of ether oxygens (including phenoxy) is 1. The van der Waals surface area contributed by atoms with Gasteiger partial charge in [-0.2, -0.15) is 0 Å². The first-order valence-corrected chi connectivity index (χ1v) is 6.23. The lowest BCUT2D eigenvalue weighted by Crippen LogP contribution is -2.38. The van der Waals surface area contributed by atoms with Crippen molar-refractivity contribution in [2.45, 2.75) is 12.8 Å². The molecule has 0 aromatic heterocycles. The summed E-state index contributed by atoms with van der Waals surface area (Å²) in [5.41, 5.74) is 0. The maximum Gasteiger partial charge on any atom is 0.236 e. The first-order valence-electron chi connectivity index (χ1n) is 6.23. The summed E-state index contributed by atoms with van der Waals surface area (Å²) in [6.07, 6.45) is 1.78. The van der Waals surface area contributed by atoms with Crippen molar-refractivity contribution in [1.82, 2.24) is 9.80 Å². The minimum Gasteiger partial charge on any atom is -0.381 e. The van der Waals surface area contributed by atoms with Crippen molar-refractivity contribution in [2.24, 2.45) is 5.92 Å². The molecule has 2 fully saturated rings. The summed E-state index contributed by atoms with van der Waals surface area (Å²) >= 11 is 0. The largest absolute Gasteiger partial charge is 0.381 e. The number of hydrogen-bond donors (Lipinski definition) is 0. The Hall–Kier alpha value is -0.940. The van der Waals surface area contributed by atoms with Gasteiger partial charge in [0.1, 0.15) is 0 Å². The van der Waals surface area contributed by atoms with Crippen molar-refractivity contribution < 1.29 is 14.3 Å². The summed E-state index contributed by atoms with van der Waals surface area (Å²) < 4.78 is 5.22. The van der Waals surface area contributed by atoms with Crippen LogP contribution in [0.3, 0.4) is 0 Å². The molecule has 1 unspecified atom stereocenters. The van der Waals surface area contributed by atoms with Crippen molar-refractivity contribution in [3.05, 3.63) is 0 Å². The third-order valence-electron chi connectivity index (χ3n) is 3.52. The molecule has 2 rings (SSSR count). The number of nitrogens with zero attached hydrogens (tertiary/aromatic N) is 2. The van der Waals surface area contributed by atoms with Crippen LogP contribution >= 0.6 is 0 Å². The molecule has 0 saturated carbocycles. The fraction of sp³-hybridized carbons (Fsp3) is 0.833. The molecule has 0 aliphatic carbocycles. The van der Waals surface area contributed by atoms with Crippen molar-refractivity contribution in [3.8, 4) is 0 Å². The predicted molar refractivity (Wildman–Crippen MR) is 62.6 cm³/mol. The van der Waals surface area contributed by atoms with Gasteiger partial charge in [-0.25, -0.2) is 0 Å². The second-order valence-corrected chi connectivity index (χ2v) is 4.91. The van der Waals surface area contributed by atoms with Crippen molar-refractivity contribution in [2.75, 3.05) is 46.4 Å². The van der Waals surface area contributed by atoms with Crippen molar-refractivity contribution >= 4 is 11.7 Å². The lowest BCUT2D eigenvalue weighted by molar-refractivity contribution is -0.130. The topological polar surface area (TPSA) is 49.9 Å². The van der Waals surface area contributed by atoms with Gasteiger partial charge < -0.3 is 9.64 Å². The van der Waals surface area contributed by atoms with Gasteiger partial charge >= 0.3 is 0 Å². The fourth-order valence-electron chi connectivity index (χ4n) is 2.32. The van der Waals surface area contributed by atoms with Crippen LogP contribution < -0.4 is 0 Å². The van der Waals surface area contributed by atoms with Crippen LogP contribution in [0.1, 0.15) is 12.8 Å². The Balaban J connectivity index is 1.85. The van der Waals surface area contributed by atoms with E-state index in [2.05, 4.69) is 0 Å². The minimum atomic E-state index is 0.0473. The standard InChI is InChI=1S/C12H20N2O3/c1-13-4-2-5-14(8-12(13)16)7-11(15)10-3-6-17-9-10/h10H,2-9H2,1H3. The molecule has 1 amide bonds. The molecule has 0 spiro atoms. The third-order valence-corrected chi connectivity index (χ3v) is 3.52. The summed E-state index contributed by atoms with van der Waals surface area (Å²) in [7, 11) is 1.82. The van der Waals surface area contributed by atoms with Gasteiger partial charge in [0.05, 0.1) is 19.7 Å². The molecule has 2 heterocycles. The highest BCUT2D eigenvalue weighted by Gasteiger charge is 2.27. The lowest BCUT2D eigenvalue weighted by atomic mass is 10.0. The SMILES string of the molecule is CN1CCCN(CC(=O)C2CCOC2)CC1=O. The van der Waals surface area contributed by atoms with Crippen LogP contribution in [-0.2, 0) is 14.3 Å². The lowest BCUT2D eigenvalue weighted by Gasteiger charge is -2.19. The number of carbonyl (C=O) groups excluding carboxylic acids is 2. The molecule has 96 valence electrons. The van der Waals surface area contributed by atoms with E-state index in [0.717, 1.165) is 25.9 Å². The average Bonchev–Trinajstić information content (AvgIpc) is 2.77. The average molecular weight is 240 g/mol. The highest BCUT2D eigenvalue weighted by molar-refractivity contribution is 5.84. The first kappa shape index (κ1) is 12.5. The van der Waals surface area contributed by atoms with E-state index in [0.29, 0.717) is 26.3 Å². The number of hydrogen-bond acceptors (Lipinski definition) is 4. The maximum atomic E-state index is 12.0. The third kappa shape index (κ3) is 3.26. The molecule has 2 aliphatic heterocycles. The number of Topliss-reactive ketones (excluding diaryl/α,β-unsaturated/α-hetero) is 1. The molecule has 2 saturated heterocycles. The highest BCUT2D eigenvalue weighted by atomic mass is 16.5.